The average Bonchev–Trinajstić information content (AvgIpc) is 3.13. The third kappa shape index (κ3) is 2.12. The molecule has 23 heavy (non-hydrogen) atoms. The Morgan fingerprint density at radius 1 is 1.35 bits per heavy atom. The van der Waals surface area contributed by atoms with Gasteiger partial charge in [0.1, 0.15) is 12.1 Å². The molecule has 0 amide bonds. The maximum absolute atomic E-state index is 11.2. The van der Waals surface area contributed by atoms with Crippen LogP contribution in [0.4, 0.5) is 0 Å². The van der Waals surface area contributed by atoms with Gasteiger partial charge < -0.3 is 10.2 Å². The Labute approximate surface area is 131 Å². The lowest BCUT2D eigenvalue weighted by atomic mass is 10.1. The molecule has 0 bridgehead atoms. The molecule has 116 valence electrons. The molecular weight excluding hydrogens is 296 g/mol. The summed E-state index contributed by atoms with van der Waals surface area (Å²) in [5.41, 5.74) is 1.66. The standard InChI is InChI=1S/C16H14N4O3/c1-8-4-10(8)11-6-20(14-13(11)15(21)19-7-18-14)12-5-9(16(22)23)2-3-17-12/h2-3,5-8,10H,4H2,1H3,(H,22,23)(H,18,19,21). The lowest BCUT2D eigenvalue weighted by molar-refractivity contribution is 0.0696. The molecule has 1 fully saturated rings. The van der Waals surface area contributed by atoms with Gasteiger partial charge in [-0.25, -0.2) is 19.7 Å². The molecule has 1 aliphatic carbocycles. The number of carboxylic acids is 1. The Bertz CT molecular complexity index is 934. The molecule has 7 heteroatoms. The summed E-state index contributed by atoms with van der Waals surface area (Å²) in [6.07, 6.45) is 5.66. The molecule has 2 unspecified atom stereocenters. The predicted molar refractivity (Wildman–Crippen MR) is 81.8 cm³/mol. The highest BCUT2D eigenvalue weighted by Crippen LogP contribution is 2.50. The van der Waals surface area contributed by atoms with Crippen molar-refractivity contribution < 1.29 is 15.0 Å². The maximum atomic E-state index is 11.2. The van der Waals surface area contributed by atoms with Crippen LogP contribution in [0.3, 0.4) is 0 Å². The normalized spacial score (nSPS) is 19.9. The van der Waals surface area contributed by atoms with E-state index in [1.165, 1.54) is 24.7 Å². The van der Waals surface area contributed by atoms with E-state index in [9.17, 15) is 9.90 Å². The van der Waals surface area contributed by atoms with Crippen molar-refractivity contribution in [3.63, 3.8) is 0 Å². The maximum Gasteiger partial charge on any atom is 0.335 e. The summed E-state index contributed by atoms with van der Waals surface area (Å²) in [5, 5.41) is 19.9. The SMILES string of the molecule is CC1CC1c1cn(-c2cc(C(=O)O)ccn2)c2ncnc(O)c12. The topological polar surface area (TPSA) is 101 Å². The van der Waals surface area contributed by atoms with Gasteiger partial charge in [-0.15, -0.1) is 0 Å². The summed E-state index contributed by atoms with van der Waals surface area (Å²) in [6.45, 7) is 2.15. The fourth-order valence-electron chi connectivity index (χ4n) is 2.97. The van der Waals surface area contributed by atoms with Crippen molar-refractivity contribution in [1.29, 1.82) is 0 Å². The van der Waals surface area contributed by atoms with Crippen LogP contribution < -0.4 is 0 Å². The first kappa shape index (κ1) is 13.7. The molecule has 2 N–H and O–H groups in total. The van der Waals surface area contributed by atoms with Gasteiger partial charge in [0.2, 0.25) is 5.88 Å². The van der Waals surface area contributed by atoms with E-state index >= 15 is 0 Å². The molecular formula is C16H14N4O3. The van der Waals surface area contributed by atoms with Crippen LogP contribution in [0.25, 0.3) is 16.9 Å². The van der Waals surface area contributed by atoms with Gasteiger partial charge in [-0.2, -0.15) is 0 Å². The lowest BCUT2D eigenvalue weighted by Crippen LogP contribution is -2.02. The minimum absolute atomic E-state index is 0.0581. The van der Waals surface area contributed by atoms with Crippen molar-refractivity contribution >= 4 is 17.0 Å². The third-order valence-electron chi connectivity index (χ3n) is 4.34. The summed E-state index contributed by atoms with van der Waals surface area (Å²) in [6, 6.07) is 2.93. The van der Waals surface area contributed by atoms with Crippen LogP contribution in [0.15, 0.2) is 30.9 Å². The molecule has 1 saturated carbocycles. The van der Waals surface area contributed by atoms with E-state index in [4.69, 9.17) is 5.11 Å². The number of rotatable bonds is 3. The van der Waals surface area contributed by atoms with Crippen LogP contribution in [0.5, 0.6) is 5.88 Å². The van der Waals surface area contributed by atoms with Crippen molar-refractivity contribution in [3.05, 3.63) is 42.0 Å². The van der Waals surface area contributed by atoms with Crippen molar-refractivity contribution in [2.24, 2.45) is 5.92 Å². The van der Waals surface area contributed by atoms with Crippen molar-refractivity contribution in [1.82, 2.24) is 19.5 Å². The van der Waals surface area contributed by atoms with Gasteiger partial charge in [0.25, 0.3) is 0 Å². The van der Waals surface area contributed by atoms with Crippen LogP contribution >= 0.6 is 0 Å². The number of aromatic nitrogens is 4. The fraction of sp³-hybridized carbons (Fsp3) is 0.250. The molecule has 0 spiro atoms. The number of hydrogen-bond acceptors (Lipinski definition) is 5. The second kappa shape index (κ2) is 4.77. The molecule has 1 aliphatic rings. The molecule has 0 aromatic carbocycles. The summed E-state index contributed by atoms with van der Waals surface area (Å²) in [7, 11) is 0. The Morgan fingerprint density at radius 2 is 2.13 bits per heavy atom. The summed E-state index contributed by atoms with van der Waals surface area (Å²) >= 11 is 0. The van der Waals surface area contributed by atoms with Crippen molar-refractivity contribution in [2.75, 3.05) is 0 Å². The molecule has 0 aliphatic heterocycles. The predicted octanol–water partition coefficient (Wildman–Crippen LogP) is 2.34. The Morgan fingerprint density at radius 3 is 2.83 bits per heavy atom. The molecule has 4 rings (SSSR count). The molecule has 0 radical (unpaired) electrons. The van der Waals surface area contributed by atoms with E-state index < -0.39 is 5.97 Å². The minimum Gasteiger partial charge on any atom is -0.493 e. The van der Waals surface area contributed by atoms with E-state index in [1.54, 1.807) is 4.57 Å². The van der Waals surface area contributed by atoms with Gasteiger partial charge in [0, 0.05) is 12.4 Å². The van der Waals surface area contributed by atoms with E-state index in [2.05, 4.69) is 21.9 Å². The van der Waals surface area contributed by atoms with E-state index in [0.29, 0.717) is 28.7 Å². The number of nitrogens with zero attached hydrogens (tertiary/aromatic N) is 4. The van der Waals surface area contributed by atoms with E-state index in [-0.39, 0.29) is 11.4 Å². The molecule has 3 aromatic rings. The minimum atomic E-state index is -1.02. The third-order valence-corrected chi connectivity index (χ3v) is 4.34. The smallest absolute Gasteiger partial charge is 0.335 e. The van der Waals surface area contributed by atoms with Gasteiger partial charge >= 0.3 is 5.97 Å². The Kier molecular flexibility index (Phi) is 2.84. The highest BCUT2D eigenvalue weighted by molar-refractivity contribution is 5.89. The molecule has 0 saturated heterocycles. The van der Waals surface area contributed by atoms with Crippen LogP contribution in [0.1, 0.15) is 35.2 Å². The fourth-order valence-corrected chi connectivity index (χ4v) is 2.97. The second-order valence-corrected chi connectivity index (χ2v) is 5.88. The first-order valence-electron chi connectivity index (χ1n) is 7.31. The first-order valence-corrected chi connectivity index (χ1v) is 7.31. The average molecular weight is 310 g/mol. The highest BCUT2D eigenvalue weighted by atomic mass is 16.4. The van der Waals surface area contributed by atoms with Crippen molar-refractivity contribution in [3.8, 4) is 11.7 Å². The number of pyridine rings is 1. The van der Waals surface area contributed by atoms with E-state index in [1.807, 2.05) is 6.20 Å². The van der Waals surface area contributed by atoms with Gasteiger partial charge in [-0.1, -0.05) is 6.92 Å². The molecule has 3 aromatic heterocycles. The van der Waals surface area contributed by atoms with Gasteiger partial charge in [-0.3, -0.25) is 4.57 Å². The Balaban J connectivity index is 1.96. The van der Waals surface area contributed by atoms with Crippen LogP contribution in [0, 0.1) is 5.92 Å². The van der Waals surface area contributed by atoms with E-state index in [0.717, 1.165) is 12.0 Å². The molecule has 2 atom stereocenters. The molecule has 7 nitrogen and oxygen atoms in total. The number of carboxylic acid groups (broad SMARTS) is 1. The molecule has 3 heterocycles. The van der Waals surface area contributed by atoms with Crippen LogP contribution in [-0.2, 0) is 0 Å². The number of aromatic carboxylic acids is 1. The monoisotopic (exact) mass is 310 g/mol. The number of fused-ring (bicyclic) bond motifs is 1. The second-order valence-electron chi connectivity index (χ2n) is 5.88. The zero-order valence-electron chi connectivity index (χ0n) is 12.3. The van der Waals surface area contributed by atoms with Gasteiger partial charge in [-0.05, 0) is 36.0 Å². The van der Waals surface area contributed by atoms with Gasteiger partial charge in [0.05, 0.1) is 10.9 Å². The summed E-state index contributed by atoms with van der Waals surface area (Å²) in [5.74, 6) is 0.286. The van der Waals surface area contributed by atoms with Crippen molar-refractivity contribution in [2.45, 2.75) is 19.3 Å². The largest absolute Gasteiger partial charge is 0.493 e. The number of aromatic hydroxyl groups is 1. The zero-order valence-corrected chi connectivity index (χ0v) is 12.3. The lowest BCUT2D eigenvalue weighted by Gasteiger charge is -2.04. The zero-order chi connectivity index (χ0) is 16.1. The highest BCUT2D eigenvalue weighted by Gasteiger charge is 2.37. The summed E-state index contributed by atoms with van der Waals surface area (Å²) < 4.78 is 1.71. The number of carbonyl (C=O) groups is 1. The van der Waals surface area contributed by atoms with Gasteiger partial charge in [0.15, 0.2) is 5.65 Å². The van der Waals surface area contributed by atoms with Crippen LogP contribution in [0.2, 0.25) is 0 Å². The van der Waals surface area contributed by atoms with Crippen LogP contribution in [-0.4, -0.2) is 35.7 Å². The Hall–Kier alpha value is -2.96. The quantitative estimate of drug-likeness (QED) is 0.770. The first-order chi connectivity index (χ1) is 11.1. The number of hydrogen-bond donors (Lipinski definition) is 2. The summed E-state index contributed by atoms with van der Waals surface area (Å²) in [4.78, 5) is 23.5.